The van der Waals surface area contributed by atoms with Gasteiger partial charge in [-0.15, -0.1) is 11.3 Å². The topological polar surface area (TPSA) is 95.8 Å². The Balaban J connectivity index is 1.58. The van der Waals surface area contributed by atoms with E-state index in [4.69, 9.17) is 23.2 Å². The van der Waals surface area contributed by atoms with Gasteiger partial charge >= 0.3 is 0 Å². The zero-order valence-corrected chi connectivity index (χ0v) is 20.7. The number of thiophene rings is 1. The average Bonchev–Trinajstić information content (AvgIpc) is 3.16. The maximum atomic E-state index is 13.2. The number of amides is 2. The molecule has 0 saturated carbocycles. The number of anilines is 2. The molecule has 1 aliphatic heterocycles. The quantitative estimate of drug-likeness (QED) is 0.326. The van der Waals surface area contributed by atoms with Crippen LogP contribution in [0, 0.1) is 10.1 Å². The molecule has 2 heterocycles. The second-order valence-corrected chi connectivity index (χ2v) is 9.72. The number of piperazine rings is 1. The van der Waals surface area contributed by atoms with Crippen LogP contribution in [0.2, 0.25) is 10.0 Å². The normalized spacial score (nSPS) is 13.9. The van der Waals surface area contributed by atoms with Crippen LogP contribution in [-0.4, -0.2) is 47.8 Å². The number of nitrogens with one attached hydrogen (secondary N) is 1. The number of halogens is 2. The number of rotatable bonds is 6. The molecule has 4 rings (SSSR count). The monoisotopic (exact) mass is 520 g/mol. The molecular weight excluding hydrogens is 499 g/mol. The zero-order valence-electron chi connectivity index (χ0n) is 18.3. The number of hydrogen-bond acceptors (Lipinski definition) is 6. The molecule has 0 atom stereocenters. The molecule has 8 nitrogen and oxygen atoms in total. The first-order valence-corrected chi connectivity index (χ1v) is 12.4. The molecule has 34 heavy (non-hydrogen) atoms. The van der Waals surface area contributed by atoms with Crippen molar-refractivity contribution in [2.75, 3.05) is 36.4 Å². The summed E-state index contributed by atoms with van der Waals surface area (Å²) in [5.41, 5.74) is 1.19. The molecule has 1 aromatic heterocycles. The summed E-state index contributed by atoms with van der Waals surface area (Å²) < 4.78 is 0.349. The van der Waals surface area contributed by atoms with Crippen LogP contribution in [-0.2, 0) is 4.79 Å². The molecule has 178 valence electrons. The summed E-state index contributed by atoms with van der Waals surface area (Å²) in [6.45, 7) is 4.42. The Morgan fingerprint density at radius 2 is 1.88 bits per heavy atom. The molecule has 2 amide bonds. The molecule has 0 spiro atoms. The van der Waals surface area contributed by atoms with Gasteiger partial charge in [-0.3, -0.25) is 19.7 Å². The highest BCUT2D eigenvalue weighted by Gasteiger charge is 2.25. The van der Waals surface area contributed by atoms with Gasteiger partial charge < -0.3 is 15.1 Å². The molecule has 2 aromatic carbocycles. The summed E-state index contributed by atoms with van der Waals surface area (Å²) in [6.07, 6.45) is 1.35. The standard InChI is InChI=1S/C23H22Cl2N4O4S/c1-2-4-19(30)28-11-9-27(10-12-28)17-8-7-14(24)13-16(17)26-23(31)22-20(25)15-5-3-6-18(29(32)33)21(15)34-22/h3,5-8,13H,2,4,9-12H2,1H3,(H,26,31). The Hall–Kier alpha value is -2.88. The van der Waals surface area contributed by atoms with Gasteiger partial charge in [-0.1, -0.05) is 42.3 Å². The van der Waals surface area contributed by atoms with Crippen LogP contribution in [0.4, 0.5) is 17.1 Å². The van der Waals surface area contributed by atoms with Crippen molar-refractivity contribution in [1.82, 2.24) is 4.90 Å². The Kier molecular flexibility index (Phi) is 7.25. The van der Waals surface area contributed by atoms with E-state index in [1.165, 1.54) is 6.07 Å². The number of carbonyl (C=O) groups excluding carboxylic acids is 2. The molecular formula is C23H22Cl2N4O4S. The lowest BCUT2D eigenvalue weighted by Gasteiger charge is -2.37. The van der Waals surface area contributed by atoms with Crippen LogP contribution in [0.25, 0.3) is 10.1 Å². The highest BCUT2D eigenvalue weighted by molar-refractivity contribution is 7.22. The van der Waals surface area contributed by atoms with E-state index in [9.17, 15) is 19.7 Å². The number of carbonyl (C=O) groups is 2. The SMILES string of the molecule is CCCC(=O)N1CCN(c2ccc(Cl)cc2NC(=O)c2sc3c([N+](=O)[O-])cccc3c2Cl)CC1. The molecule has 1 saturated heterocycles. The third kappa shape index (κ3) is 4.82. The van der Waals surface area contributed by atoms with Crippen molar-refractivity contribution in [1.29, 1.82) is 0 Å². The van der Waals surface area contributed by atoms with Crippen LogP contribution in [0.1, 0.15) is 29.4 Å². The predicted octanol–water partition coefficient (Wildman–Crippen LogP) is 5.82. The second kappa shape index (κ2) is 10.2. The van der Waals surface area contributed by atoms with Crippen LogP contribution < -0.4 is 10.2 Å². The lowest BCUT2D eigenvalue weighted by molar-refractivity contribution is -0.382. The van der Waals surface area contributed by atoms with Gasteiger partial charge in [0.25, 0.3) is 11.6 Å². The maximum Gasteiger partial charge on any atom is 0.287 e. The minimum atomic E-state index is -0.489. The Morgan fingerprint density at radius 3 is 2.56 bits per heavy atom. The van der Waals surface area contributed by atoms with E-state index in [-0.39, 0.29) is 21.5 Å². The van der Waals surface area contributed by atoms with Crippen molar-refractivity contribution in [3.05, 3.63) is 61.4 Å². The predicted molar refractivity (Wildman–Crippen MR) is 137 cm³/mol. The first-order chi connectivity index (χ1) is 16.3. The van der Waals surface area contributed by atoms with Crippen LogP contribution in [0.15, 0.2) is 36.4 Å². The van der Waals surface area contributed by atoms with E-state index in [2.05, 4.69) is 10.2 Å². The smallest absolute Gasteiger partial charge is 0.287 e. The van der Waals surface area contributed by atoms with Crippen LogP contribution in [0.3, 0.4) is 0 Å². The van der Waals surface area contributed by atoms with E-state index in [1.54, 1.807) is 24.3 Å². The highest BCUT2D eigenvalue weighted by atomic mass is 35.5. The minimum absolute atomic E-state index is 0.0950. The minimum Gasteiger partial charge on any atom is -0.366 e. The van der Waals surface area contributed by atoms with Crippen LogP contribution in [0.5, 0.6) is 0 Å². The summed E-state index contributed by atoms with van der Waals surface area (Å²) in [5, 5.41) is 15.3. The summed E-state index contributed by atoms with van der Waals surface area (Å²) in [4.78, 5) is 40.4. The number of non-ortho nitro benzene ring substituents is 1. The molecule has 3 aromatic rings. The number of nitro groups is 1. The van der Waals surface area contributed by atoms with Gasteiger partial charge in [0.1, 0.15) is 9.58 Å². The third-order valence-corrected chi connectivity index (χ3v) is 7.65. The van der Waals surface area contributed by atoms with Crippen molar-refractivity contribution < 1.29 is 14.5 Å². The summed E-state index contributed by atoms with van der Waals surface area (Å²) in [6, 6.07) is 9.82. The van der Waals surface area contributed by atoms with E-state index in [0.717, 1.165) is 23.4 Å². The molecule has 0 bridgehead atoms. The van der Waals surface area contributed by atoms with Crippen molar-refractivity contribution in [2.24, 2.45) is 0 Å². The molecule has 0 radical (unpaired) electrons. The van der Waals surface area contributed by atoms with Gasteiger partial charge in [-0.2, -0.15) is 0 Å². The number of fused-ring (bicyclic) bond motifs is 1. The molecule has 0 unspecified atom stereocenters. The third-order valence-electron chi connectivity index (χ3n) is 5.68. The van der Waals surface area contributed by atoms with Gasteiger partial charge in [0, 0.05) is 49.1 Å². The number of nitrogens with zero attached hydrogens (tertiary/aromatic N) is 3. The zero-order chi connectivity index (χ0) is 24.4. The highest BCUT2D eigenvalue weighted by Crippen LogP contribution is 2.41. The Labute approximate surface area is 210 Å². The number of nitro benzene ring substituents is 1. The van der Waals surface area contributed by atoms with Gasteiger partial charge in [-0.05, 0) is 24.6 Å². The van der Waals surface area contributed by atoms with Crippen molar-refractivity contribution in [2.45, 2.75) is 19.8 Å². The van der Waals surface area contributed by atoms with Crippen molar-refractivity contribution in [3.8, 4) is 0 Å². The van der Waals surface area contributed by atoms with Gasteiger partial charge in [0.05, 0.1) is 21.3 Å². The van der Waals surface area contributed by atoms with E-state index in [1.807, 2.05) is 17.9 Å². The second-order valence-electron chi connectivity index (χ2n) is 7.89. The maximum absolute atomic E-state index is 13.2. The molecule has 1 fully saturated rings. The molecule has 1 N–H and O–H groups in total. The summed E-state index contributed by atoms with van der Waals surface area (Å²) >= 11 is 13.6. The lowest BCUT2D eigenvalue weighted by atomic mass is 10.2. The Bertz CT molecular complexity index is 1270. The van der Waals surface area contributed by atoms with E-state index in [0.29, 0.717) is 53.4 Å². The average molecular weight is 521 g/mol. The van der Waals surface area contributed by atoms with E-state index < -0.39 is 10.8 Å². The van der Waals surface area contributed by atoms with Gasteiger partial charge in [0.2, 0.25) is 5.91 Å². The number of benzene rings is 2. The fourth-order valence-corrected chi connectivity index (χ4v) is 5.66. The fraction of sp³-hybridized carbons (Fsp3) is 0.304. The van der Waals surface area contributed by atoms with Crippen molar-refractivity contribution in [3.63, 3.8) is 0 Å². The first-order valence-electron chi connectivity index (χ1n) is 10.8. The Morgan fingerprint density at radius 1 is 1.15 bits per heavy atom. The molecule has 0 aliphatic carbocycles. The van der Waals surface area contributed by atoms with Gasteiger partial charge in [-0.25, -0.2) is 0 Å². The van der Waals surface area contributed by atoms with E-state index >= 15 is 0 Å². The first kappa shape index (κ1) is 24.3. The number of hydrogen-bond donors (Lipinski definition) is 1. The lowest BCUT2D eigenvalue weighted by Crippen LogP contribution is -2.48. The van der Waals surface area contributed by atoms with Crippen LogP contribution >= 0.6 is 34.5 Å². The fourth-order valence-electron chi connectivity index (χ4n) is 4.00. The summed E-state index contributed by atoms with van der Waals surface area (Å²) in [7, 11) is 0. The summed E-state index contributed by atoms with van der Waals surface area (Å²) in [5.74, 6) is -0.318. The van der Waals surface area contributed by atoms with Crippen molar-refractivity contribution >= 4 is 73.5 Å². The molecule has 11 heteroatoms. The van der Waals surface area contributed by atoms with Gasteiger partial charge in [0.15, 0.2) is 0 Å². The largest absolute Gasteiger partial charge is 0.366 e. The molecule has 1 aliphatic rings.